The maximum atomic E-state index is 6.36. The molecule has 0 bridgehead atoms. The maximum Gasteiger partial charge on any atom is 0.101 e. The van der Waals surface area contributed by atoms with Gasteiger partial charge in [-0.15, -0.1) is 6.58 Å². The highest BCUT2D eigenvalue weighted by molar-refractivity contribution is 5.22. The second-order valence-corrected chi connectivity index (χ2v) is 5.24. The fourth-order valence-corrected chi connectivity index (χ4v) is 2.46. The number of hydrogen-bond acceptors (Lipinski definition) is 1. The van der Waals surface area contributed by atoms with Crippen LogP contribution < -0.4 is 0 Å². The SMILES string of the molecule is C=CC(OC(CCCC)c1ccccc1)c1ccccc1. The molecule has 0 saturated carbocycles. The van der Waals surface area contributed by atoms with Gasteiger partial charge in [-0.05, 0) is 17.5 Å². The maximum absolute atomic E-state index is 6.36. The third-order valence-corrected chi connectivity index (χ3v) is 3.64. The molecule has 0 amide bonds. The number of ether oxygens (including phenoxy) is 1. The average Bonchev–Trinajstić information content (AvgIpc) is 2.57. The van der Waals surface area contributed by atoms with Gasteiger partial charge in [-0.3, -0.25) is 0 Å². The summed E-state index contributed by atoms with van der Waals surface area (Å²) in [5.41, 5.74) is 2.40. The van der Waals surface area contributed by atoms with E-state index in [4.69, 9.17) is 4.74 Å². The first-order valence-corrected chi connectivity index (χ1v) is 7.73. The van der Waals surface area contributed by atoms with Crippen molar-refractivity contribution in [1.29, 1.82) is 0 Å². The van der Waals surface area contributed by atoms with E-state index < -0.39 is 0 Å². The van der Waals surface area contributed by atoms with Crippen LogP contribution in [0.15, 0.2) is 73.3 Å². The predicted octanol–water partition coefficient (Wildman–Crippen LogP) is 5.86. The summed E-state index contributed by atoms with van der Waals surface area (Å²) in [7, 11) is 0. The van der Waals surface area contributed by atoms with Crippen molar-refractivity contribution < 1.29 is 4.74 Å². The molecule has 1 nitrogen and oxygen atoms in total. The van der Waals surface area contributed by atoms with Crippen LogP contribution in [0.3, 0.4) is 0 Å². The summed E-state index contributed by atoms with van der Waals surface area (Å²) in [6.45, 7) is 6.15. The lowest BCUT2D eigenvalue weighted by Crippen LogP contribution is -2.09. The van der Waals surface area contributed by atoms with Crippen LogP contribution in [-0.4, -0.2) is 0 Å². The topological polar surface area (TPSA) is 9.23 Å². The molecule has 1 heteroatoms. The van der Waals surface area contributed by atoms with Crippen LogP contribution in [0.5, 0.6) is 0 Å². The Bertz CT molecular complexity index is 518. The van der Waals surface area contributed by atoms with Crippen molar-refractivity contribution in [2.45, 2.75) is 38.4 Å². The molecule has 0 radical (unpaired) electrons. The van der Waals surface area contributed by atoms with E-state index in [0.29, 0.717) is 0 Å². The molecule has 21 heavy (non-hydrogen) atoms. The van der Waals surface area contributed by atoms with Crippen LogP contribution >= 0.6 is 0 Å². The van der Waals surface area contributed by atoms with Gasteiger partial charge in [-0.2, -0.15) is 0 Å². The highest BCUT2D eigenvalue weighted by Gasteiger charge is 2.17. The summed E-state index contributed by atoms with van der Waals surface area (Å²) in [6, 6.07) is 20.8. The molecule has 0 fully saturated rings. The Labute approximate surface area is 128 Å². The third-order valence-electron chi connectivity index (χ3n) is 3.64. The minimum absolute atomic E-state index is 0.0618. The molecule has 0 aliphatic rings. The van der Waals surface area contributed by atoms with Crippen molar-refractivity contribution in [3.05, 3.63) is 84.4 Å². The number of unbranched alkanes of at least 4 members (excludes halogenated alkanes) is 1. The number of hydrogen-bond donors (Lipinski definition) is 0. The first kappa shape index (κ1) is 15.5. The van der Waals surface area contributed by atoms with Gasteiger partial charge in [0.25, 0.3) is 0 Å². The molecule has 2 aromatic carbocycles. The molecule has 2 rings (SSSR count). The quantitative estimate of drug-likeness (QED) is 0.550. The van der Waals surface area contributed by atoms with Gasteiger partial charge in [0.05, 0.1) is 6.10 Å². The molecule has 0 N–H and O–H groups in total. The molecule has 2 aromatic rings. The summed E-state index contributed by atoms with van der Waals surface area (Å²) in [4.78, 5) is 0. The number of rotatable bonds is 8. The average molecular weight is 280 g/mol. The van der Waals surface area contributed by atoms with Gasteiger partial charge >= 0.3 is 0 Å². The van der Waals surface area contributed by atoms with Gasteiger partial charge < -0.3 is 4.74 Å². The van der Waals surface area contributed by atoms with Crippen molar-refractivity contribution in [1.82, 2.24) is 0 Å². The molecule has 0 heterocycles. The van der Waals surface area contributed by atoms with E-state index in [-0.39, 0.29) is 12.2 Å². The monoisotopic (exact) mass is 280 g/mol. The highest BCUT2D eigenvalue weighted by Crippen LogP contribution is 2.31. The lowest BCUT2D eigenvalue weighted by molar-refractivity contribution is 0.00473. The van der Waals surface area contributed by atoms with Gasteiger partial charge in [0.2, 0.25) is 0 Å². The summed E-state index contributed by atoms with van der Waals surface area (Å²) in [5, 5.41) is 0. The Kier molecular flexibility index (Phi) is 6.23. The van der Waals surface area contributed by atoms with Gasteiger partial charge in [-0.1, -0.05) is 86.5 Å². The van der Waals surface area contributed by atoms with Crippen LogP contribution in [-0.2, 0) is 4.74 Å². The Morgan fingerprint density at radius 2 is 1.52 bits per heavy atom. The van der Waals surface area contributed by atoms with Crippen LogP contribution in [0.4, 0.5) is 0 Å². The standard InChI is InChI=1S/C20H24O/c1-3-5-16-20(18-14-10-7-11-15-18)21-19(4-2)17-12-8-6-9-13-17/h4,6-15,19-20H,2-3,5,16H2,1H3. The molecule has 0 saturated heterocycles. The zero-order valence-corrected chi connectivity index (χ0v) is 12.7. The highest BCUT2D eigenvalue weighted by atomic mass is 16.5. The second-order valence-electron chi connectivity index (χ2n) is 5.24. The lowest BCUT2D eigenvalue weighted by Gasteiger charge is -2.23. The Hall–Kier alpha value is -1.86. The molecule has 110 valence electrons. The largest absolute Gasteiger partial charge is 0.362 e. The zero-order valence-electron chi connectivity index (χ0n) is 12.7. The molecule has 0 aliphatic carbocycles. The van der Waals surface area contributed by atoms with E-state index in [9.17, 15) is 0 Å². The Balaban J connectivity index is 2.15. The molecular weight excluding hydrogens is 256 g/mol. The fraction of sp³-hybridized carbons (Fsp3) is 0.300. The molecule has 0 aliphatic heterocycles. The van der Waals surface area contributed by atoms with Gasteiger partial charge in [-0.25, -0.2) is 0 Å². The minimum atomic E-state index is -0.0618. The van der Waals surface area contributed by atoms with Crippen molar-refractivity contribution in [3.63, 3.8) is 0 Å². The van der Waals surface area contributed by atoms with Crippen molar-refractivity contribution >= 4 is 0 Å². The van der Waals surface area contributed by atoms with Crippen molar-refractivity contribution in [2.75, 3.05) is 0 Å². The minimum Gasteiger partial charge on any atom is -0.362 e. The molecule has 0 spiro atoms. The van der Waals surface area contributed by atoms with Crippen LogP contribution in [0.1, 0.15) is 49.5 Å². The van der Waals surface area contributed by atoms with E-state index >= 15 is 0 Å². The summed E-state index contributed by atoms with van der Waals surface area (Å²) in [5.74, 6) is 0. The van der Waals surface area contributed by atoms with Gasteiger partial charge in [0, 0.05) is 0 Å². The summed E-state index contributed by atoms with van der Waals surface area (Å²) >= 11 is 0. The van der Waals surface area contributed by atoms with Gasteiger partial charge in [0.1, 0.15) is 6.10 Å². The first-order valence-electron chi connectivity index (χ1n) is 7.73. The van der Waals surface area contributed by atoms with Crippen molar-refractivity contribution in [2.24, 2.45) is 0 Å². The van der Waals surface area contributed by atoms with E-state index in [1.165, 1.54) is 12.0 Å². The smallest absolute Gasteiger partial charge is 0.101 e. The molecular formula is C20H24O. The second kappa shape index (κ2) is 8.43. The van der Waals surface area contributed by atoms with E-state index in [2.05, 4.69) is 49.9 Å². The van der Waals surface area contributed by atoms with E-state index in [1.807, 2.05) is 30.3 Å². The fourth-order valence-electron chi connectivity index (χ4n) is 2.46. The lowest BCUT2D eigenvalue weighted by atomic mass is 10.0. The van der Waals surface area contributed by atoms with Gasteiger partial charge in [0.15, 0.2) is 0 Å². The first-order chi connectivity index (χ1) is 10.3. The number of benzene rings is 2. The Morgan fingerprint density at radius 3 is 2.05 bits per heavy atom. The van der Waals surface area contributed by atoms with E-state index in [0.717, 1.165) is 18.4 Å². The Morgan fingerprint density at radius 1 is 0.952 bits per heavy atom. The van der Waals surface area contributed by atoms with Crippen LogP contribution in [0.25, 0.3) is 0 Å². The van der Waals surface area contributed by atoms with Crippen LogP contribution in [0.2, 0.25) is 0 Å². The van der Waals surface area contributed by atoms with E-state index in [1.54, 1.807) is 0 Å². The third kappa shape index (κ3) is 4.57. The zero-order chi connectivity index (χ0) is 14.9. The molecule has 2 atom stereocenters. The summed E-state index contributed by atoms with van der Waals surface area (Å²) in [6.07, 6.45) is 5.33. The predicted molar refractivity (Wildman–Crippen MR) is 89.2 cm³/mol. The van der Waals surface area contributed by atoms with Crippen molar-refractivity contribution in [3.8, 4) is 0 Å². The molecule has 2 unspecified atom stereocenters. The molecule has 0 aromatic heterocycles. The summed E-state index contributed by atoms with van der Waals surface area (Å²) < 4.78 is 6.36. The van der Waals surface area contributed by atoms with Crippen LogP contribution in [0, 0.1) is 0 Å². The normalized spacial score (nSPS) is 13.6.